The van der Waals surface area contributed by atoms with E-state index in [0.717, 1.165) is 37.3 Å². The Hall–Kier alpha value is -3.09. The summed E-state index contributed by atoms with van der Waals surface area (Å²) in [7, 11) is 0. The largest absolute Gasteiger partial charge is 0.491 e. The normalized spacial score (nSPS) is 14.4. The summed E-state index contributed by atoms with van der Waals surface area (Å²) < 4.78 is 18.8. The molecule has 0 spiro atoms. The van der Waals surface area contributed by atoms with Crippen LogP contribution in [0.4, 0.5) is 15.8 Å². The van der Waals surface area contributed by atoms with E-state index in [-0.39, 0.29) is 36.5 Å². The summed E-state index contributed by atoms with van der Waals surface area (Å²) in [6, 6.07) is 13.9. The Morgan fingerprint density at radius 3 is 2.45 bits per heavy atom. The van der Waals surface area contributed by atoms with Gasteiger partial charge in [-0.1, -0.05) is 12.1 Å². The second-order valence-electron chi connectivity index (χ2n) is 7.14. The fraction of sp³-hybridized carbons (Fsp3) is 0.364. The number of para-hydroxylation sites is 1. The van der Waals surface area contributed by atoms with Crippen LogP contribution in [-0.2, 0) is 9.59 Å². The summed E-state index contributed by atoms with van der Waals surface area (Å²) >= 11 is 0. The Bertz CT molecular complexity index is 833. The third kappa shape index (κ3) is 5.94. The van der Waals surface area contributed by atoms with Crippen LogP contribution in [-0.4, -0.2) is 31.5 Å². The number of amides is 2. The van der Waals surface area contributed by atoms with Gasteiger partial charge in [0.2, 0.25) is 11.8 Å². The first-order valence-corrected chi connectivity index (χ1v) is 9.84. The highest BCUT2D eigenvalue weighted by atomic mass is 19.1. The van der Waals surface area contributed by atoms with Crippen LogP contribution in [0.2, 0.25) is 0 Å². The molecule has 3 N–H and O–H groups in total. The van der Waals surface area contributed by atoms with Crippen molar-refractivity contribution < 1.29 is 18.7 Å². The summed E-state index contributed by atoms with van der Waals surface area (Å²) in [5.74, 6) is -0.578. The van der Waals surface area contributed by atoms with Crippen molar-refractivity contribution in [1.29, 1.82) is 0 Å². The smallest absolute Gasteiger partial charge is 0.224 e. The van der Waals surface area contributed by atoms with Crippen molar-refractivity contribution in [3.05, 3.63) is 54.3 Å². The number of halogens is 1. The molecule has 2 amide bonds. The minimum Gasteiger partial charge on any atom is -0.491 e. The molecule has 6 nitrogen and oxygen atoms in total. The van der Waals surface area contributed by atoms with Crippen LogP contribution in [0.25, 0.3) is 0 Å². The first-order valence-electron chi connectivity index (χ1n) is 9.84. The molecule has 1 saturated heterocycles. The van der Waals surface area contributed by atoms with Crippen molar-refractivity contribution in [3.63, 3.8) is 0 Å². The number of anilines is 2. The average Bonchev–Trinajstić information content (AvgIpc) is 2.73. The third-order valence-corrected chi connectivity index (χ3v) is 5.06. The minimum atomic E-state index is -0.407. The number of hydrogen-bond donors (Lipinski definition) is 2. The first kappa shape index (κ1) is 20.6. The number of carbonyl (C=O) groups excluding carboxylic acids is 2. The lowest BCUT2D eigenvalue weighted by Gasteiger charge is -2.32. The standard InChI is InChI=1S/C22H26FN3O3/c23-19-4-1-2-5-20(19)29-15-3-6-21(27)25-17-7-9-18(10-8-17)26-13-11-16(12-14-26)22(24)28/h1-2,4-5,7-10,16H,3,6,11-15H2,(H2,24,28)(H,25,27). The molecule has 29 heavy (non-hydrogen) atoms. The van der Waals surface area contributed by atoms with Gasteiger partial charge in [-0.25, -0.2) is 4.39 Å². The zero-order valence-corrected chi connectivity index (χ0v) is 16.3. The van der Waals surface area contributed by atoms with Crippen LogP contribution in [0.1, 0.15) is 25.7 Å². The molecule has 1 aliphatic heterocycles. The van der Waals surface area contributed by atoms with Gasteiger partial charge < -0.3 is 20.7 Å². The molecule has 2 aromatic carbocycles. The lowest BCUT2D eigenvalue weighted by Crippen LogP contribution is -2.38. The number of carbonyl (C=O) groups is 2. The Morgan fingerprint density at radius 2 is 1.79 bits per heavy atom. The van der Waals surface area contributed by atoms with E-state index >= 15 is 0 Å². The number of nitrogens with zero attached hydrogens (tertiary/aromatic N) is 1. The lowest BCUT2D eigenvalue weighted by molar-refractivity contribution is -0.122. The highest BCUT2D eigenvalue weighted by Crippen LogP contribution is 2.24. The van der Waals surface area contributed by atoms with Crippen LogP contribution >= 0.6 is 0 Å². The number of primary amides is 1. The minimum absolute atomic E-state index is 0.0350. The molecule has 154 valence electrons. The Morgan fingerprint density at radius 1 is 1.10 bits per heavy atom. The van der Waals surface area contributed by atoms with Crippen molar-refractivity contribution in [1.82, 2.24) is 0 Å². The highest BCUT2D eigenvalue weighted by molar-refractivity contribution is 5.90. The summed E-state index contributed by atoms with van der Waals surface area (Å²) in [5.41, 5.74) is 7.16. The summed E-state index contributed by atoms with van der Waals surface area (Å²) in [6.45, 7) is 1.86. The van der Waals surface area contributed by atoms with Crippen molar-refractivity contribution in [2.45, 2.75) is 25.7 Å². The predicted octanol–water partition coefficient (Wildman–Crippen LogP) is 3.33. The molecule has 7 heteroatoms. The molecule has 0 aromatic heterocycles. The molecule has 1 fully saturated rings. The molecule has 0 saturated carbocycles. The maximum atomic E-state index is 13.5. The summed E-state index contributed by atoms with van der Waals surface area (Å²) in [4.78, 5) is 25.6. The third-order valence-electron chi connectivity index (χ3n) is 5.06. The van der Waals surface area contributed by atoms with Gasteiger partial charge in [0.1, 0.15) is 0 Å². The van der Waals surface area contributed by atoms with Gasteiger partial charge in [-0.15, -0.1) is 0 Å². The summed E-state index contributed by atoms with van der Waals surface area (Å²) in [5, 5.41) is 2.86. The van der Waals surface area contributed by atoms with Crippen LogP contribution in [0.15, 0.2) is 48.5 Å². The Labute approximate surface area is 169 Å². The van der Waals surface area contributed by atoms with Crippen molar-refractivity contribution >= 4 is 23.2 Å². The van der Waals surface area contributed by atoms with Crippen LogP contribution in [0, 0.1) is 11.7 Å². The highest BCUT2D eigenvalue weighted by Gasteiger charge is 2.23. The number of ether oxygens (including phenoxy) is 1. The molecular formula is C22H26FN3O3. The van der Waals surface area contributed by atoms with E-state index in [2.05, 4.69) is 10.2 Å². The number of benzene rings is 2. The first-order chi connectivity index (χ1) is 14.0. The SMILES string of the molecule is NC(=O)C1CCN(c2ccc(NC(=O)CCCOc3ccccc3F)cc2)CC1. The molecule has 3 rings (SSSR count). The maximum Gasteiger partial charge on any atom is 0.224 e. The van der Waals surface area contributed by atoms with Gasteiger partial charge in [0.25, 0.3) is 0 Å². The molecule has 0 atom stereocenters. The van der Waals surface area contributed by atoms with E-state index in [1.165, 1.54) is 6.07 Å². The number of hydrogen-bond acceptors (Lipinski definition) is 4. The molecule has 2 aromatic rings. The zero-order chi connectivity index (χ0) is 20.6. The van der Waals surface area contributed by atoms with Gasteiger partial charge in [0.05, 0.1) is 6.61 Å². The second kappa shape index (κ2) is 9.91. The van der Waals surface area contributed by atoms with E-state index in [1.807, 2.05) is 24.3 Å². The lowest BCUT2D eigenvalue weighted by atomic mass is 9.96. The van der Waals surface area contributed by atoms with Crippen molar-refractivity contribution in [3.8, 4) is 5.75 Å². The van der Waals surface area contributed by atoms with Gasteiger partial charge in [-0.05, 0) is 55.7 Å². The van der Waals surface area contributed by atoms with E-state index in [9.17, 15) is 14.0 Å². The Kier molecular flexibility index (Phi) is 7.05. The molecular weight excluding hydrogens is 373 g/mol. The zero-order valence-electron chi connectivity index (χ0n) is 16.3. The molecule has 0 radical (unpaired) electrons. The van der Waals surface area contributed by atoms with Crippen LogP contribution in [0.5, 0.6) is 5.75 Å². The quantitative estimate of drug-likeness (QED) is 0.667. The van der Waals surface area contributed by atoms with E-state index in [4.69, 9.17) is 10.5 Å². The maximum absolute atomic E-state index is 13.5. The van der Waals surface area contributed by atoms with E-state index in [0.29, 0.717) is 6.42 Å². The van der Waals surface area contributed by atoms with Crippen LogP contribution < -0.4 is 20.7 Å². The number of nitrogens with two attached hydrogens (primary N) is 1. The van der Waals surface area contributed by atoms with Gasteiger partial charge >= 0.3 is 0 Å². The summed E-state index contributed by atoms with van der Waals surface area (Å²) in [6.07, 6.45) is 2.31. The Balaban J connectivity index is 1.39. The van der Waals surface area contributed by atoms with Crippen molar-refractivity contribution in [2.75, 3.05) is 29.9 Å². The molecule has 1 aliphatic rings. The molecule has 0 bridgehead atoms. The van der Waals surface area contributed by atoms with Gasteiger partial charge in [0, 0.05) is 36.8 Å². The fourth-order valence-electron chi connectivity index (χ4n) is 3.38. The van der Waals surface area contributed by atoms with Gasteiger partial charge in [0.15, 0.2) is 11.6 Å². The number of piperidine rings is 1. The van der Waals surface area contributed by atoms with E-state index in [1.54, 1.807) is 18.2 Å². The molecule has 0 unspecified atom stereocenters. The van der Waals surface area contributed by atoms with Crippen molar-refractivity contribution in [2.24, 2.45) is 11.7 Å². The van der Waals surface area contributed by atoms with E-state index < -0.39 is 5.82 Å². The predicted molar refractivity (Wildman–Crippen MR) is 110 cm³/mol. The van der Waals surface area contributed by atoms with Gasteiger partial charge in [-0.3, -0.25) is 9.59 Å². The average molecular weight is 399 g/mol. The molecule has 1 heterocycles. The number of nitrogens with one attached hydrogen (secondary N) is 1. The topological polar surface area (TPSA) is 84.7 Å². The molecule has 0 aliphatic carbocycles. The fourth-order valence-corrected chi connectivity index (χ4v) is 3.38. The monoisotopic (exact) mass is 399 g/mol. The second-order valence-corrected chi connectivity index (χ2v) is 7.14. The van der Waals surface area contributed by atoms with Gasteiger partial charge in [-0.2, -0.15) is 0 Å². The van der Waals surface area contributed by atoms with Crippen LogP contribution in [0.3, 0.4) is 0 Å². The number of rotatable bonds is 8.